The summed E-state index contributed by atoms with van der Waals surface area (Å²) in [7, 11) is -3.64. The van der Waals surface area contributed by atoms with Gasteiger partial charge in [-0.05, 0) is 12.5 Å². The van der Waals surface area contributed by atoms with Crippen molar-refractivity contribution in [1.82, 2.24) is 4.83 Å². The van der Waals surface area contributed by atoms with E-state index in [1.807, 2.05) is 0 Å². The van der Waals surface area contributed by atoms with Crippen LogP contribution in [0.4, 0.5) is 5.69 Å². The van der Waals surface area contributed by atoms with Crippen LogP contribution in [0.5, 0.6) is 0 Å². The van der Waals surface area contributed by atoms with Crippen molar-refractivity contribution in [2.75, 3.05) is 0 Å². The zero-order valence-corrected chi connectivity index (χ0v) is 13.2. The molecular weight excluding hydrogens is 318 g/mol. The number of non-ortho nitro benzene ring substituents is 1. The molecule has 8 heteroatoms. The van der Waals surface area contributed by atoms with Crippen molar-refractivity contribution in [2.45, 2.75) is 12.7 Å². The molecular formula is C15H15N3O4S. The molecule has 0 saturated heterocycles. The quantitative estimate of drug-likeness (QED) is 0.498. The number of hydrogen-bond acceptors (Lipinski definition) is 5. The van der Waals surface area contributed by atoms with E-state index in [1.54, 1.807) is 43.3 Å². The third kappa shape index (κ3) is 4.89. The molecule has 0 amide bonds. The molecule has 0 aromatic heterocycles. The van der Waals surface area contributed by atoms with Crippen molar-refractivity contribution in [3.8, 4) is 0 Å². The molecule has 2 aromatic rings. The zero-order chi connectivity index (χ0) is 16.9. The Kier molecular flexibility index (Phi) is 5.07. The molecule has 2 rings (SSSR count). The first-order valence-corrected chi connectivity index (χ1v) is 8.35. The lowest BCUT2D eigenvalue weighted by Crippen LogP contribution is -2.21. The van der Waals surface area contributed by atoms with E-state index in [-0.39, 0.29) is 11.4 Å². The number of hydrazone groups is 1. The Morgan fingerprint density at radius 3 is 2.52 bits per heavy atom. The monoisotopic (exact) mass is 333 g/mol. The van der Waals surface area contributed by atoms with Crippen molar-refractivity contribution in [2.24, 2.45) is 5.10 Å². The van der Waals surface area contributed by atoms with Gasteiger partial charge in [-0.15, -0.1) is 0 Å². The van der Waals surface area contributed by atoms with Gasteiger partial charge in [0.25, 0.3) is 15.7 Å². The molecule has 7 nitrogen and oxygen atoms in total. The first-order chi connectivity index (χ1) is 10.9. The molecule has 2 aromatic carbocycles. The lowest BCUT2D eigenvalue weighted by molar-refractivity contribution is -0.384. The van der Waals surface area contributed by atoms with Crippen LogP contribution in [0.15, 0.2) is 59.7 Å². The van der Waals surface area contributed by atoms with E-state index in [1.165, 1.54) is 18.2 Å². The fourth-order valence-electron chi connectivity index (χ4n) is 1.87. The molecule has 0 radical (unpaired) electrons. The molecule has 0 aliphatic carbocycles. The Labute approximate surface area is 133 Å². The molecule has 0 saturated carbocycles. The Hall–Kier alpha value is -2.74. The maximum atomic E-state index is 12.0. The van der Waals surface area contributed by atoms with E-state index in [0.29, 0.717) is 16.8 Å². The second-order valence-electron chi connectivity index (χ2n) is 4.84. The summed E-state index contributed by atoms with van der Waals surface area (Å²) in [5.41, 5.74) is 1.37. The molecule has 120 valence electrons. The molecule has 0 heterocycles. The highest BCUT2D eigenvalue weighted by Crippen LogP contribution is 2.13. The number of rotatable bonds is 6. The Bertz CT molecular complexity index is 833. The van der Waals surface area contributed by atoms with Crippen molar-refractivity contribution < 1.29 is 13.3 Å². The van der Waals surface area contributed by atoms with E-state index in [0.717, 1.165) is 0 Å². The summed E-state index contributed by atoms with van der Waals surface area (Å²) in [5, 5.41) is 14.6. The van der Waals surface area contributed by atoms with Crippen molar-refractivity contribution >= 4 is 21.4 Å². The highest BCUT2D eigenvalue weighted by atomic mass is 32.2. The number of nitro benzene ring substituents is 1. The lowest BCUT2D eigenvalue weighted by atomic mass is 10.1. The smallest absolute Gasteiger partial charge is 0.258 e. The summed E-state index contributed by atoms with van der Waals surface area (Å²) in [4.78, 5) is 12.4. The maximum absolute atomic E-state index is 12.0. The number of sulfonamides is 1. The van der Waals surface area contributed by atoms with Crippen LogP contribution in [0.2, 0.25) is 0 Å². The number of nitro groups is 1. The van der Waals surface area contributed by atoms with Gasteiger partial charge >= 0.3 is 0 Å². The first-order valence-electron chi connectivity index (χ1n) is 6.70. The van der Waals surface area contributed by atoms with Gasteiger partial charge in [-0.3, -0.25) is 10.1 Å². The average molecular weight is 333 g/mol. The second-order valence-corrected chi connectivity index (χ2v) is 6.54. The summed E-state index contributed by atoms with van der Waals surface area (Å²) in [6.45, 7) is 1.57. The molecule has 0 bridgehead atoms. The van der Waals surface area contributed by atoms with Gasteiger partial charge in [-0.25, -0.2) is 13.2 Å². The summed E-state index contributed by atoms with van der Waals surface area (Å²) >= 11 is 0. The van der Waals surface area contributed by atoms with Crippen LogP contribution in [0.1, 0.15) is 18.1 Å². The minimum absolute atomic E-state index is 0.0795. The largest absolute Gasteiger partial charge is 0.270 e. The standard InChI is InChI=1S/C15H15N3O4S/c1-12(14-8-5-9-15(10-14)18(19)20)16-17-23(21,22)11-13-6-3-2-4-7-13/h2-10,17H,11H2,1H3/b16-12+. The summed E-state index contributed by atoms with van der Waals surface area (Å²) in [6, 6.07) is 14.6. The van der Waals surface area contributed by atoms with E-state index >= 15 is 0 Å². The van der Waals surface area contributed by atoms with Crippen molar-refractivity contribution in [3.63, 3.8) is 0 Å². The van der Waals surface area contributed by atoms with Gasteiger partial charge in [0.1, 0.15) is 0 Å². The topological polar surface area (TPSA) is 102 Å². The third-order valence-electron chi connectivity index (χ3n) is 3.03. The van der Waals surface area contributed by atoms with Crippen LogP contribution in [-0.2, 0) is 15.8 Å². The van der Waals surface area contributed by atoms with Crippen LogP contribution >= 0.6 is 0 Å². The SMILES string of the molecule is C/C(=N\NS(=O)(=O)Cc1ccccc1)c1cccc([N+](=O)[O-])c1. The molecule has 0 spiro atoms. The number of nitrogens with zero attached hydrogens (tertiary/aromatic N) is 2. The lowest BCUT2D eigenvalue weighted by Gasteiger charge is -2.05. The summed E-state index contributed by atoms with van der Waals surface area (Å²) in [5.74, 6) is -0.195. The van der Waals surface area contributed by atoms with Crippen LogP contribution in [-0.4, -0.2) is 19.1 Å². The minimum Gasteiger partial charge on any atom is -0.258 e. The van der Waals surface area contributed by atoms with Gasteiger partial charge in [0.15, 0.2) is 0 Å². The Morgan fingerprint density at radius 1 is 1.17 bits per heavy atom. The molecule has 0 atom stereocenters. The molecule has 0 aliphatic rings. The van der Waals surface area contributed by atoms with Gasteiger partial charge in [0.2, 0.25) is 0 Å². The first kappa shape index (κ1) is 16.6. The molecule has 0 aliphatic heterocycles. The Morgan fingerprint density at radius 2 is 1.87 bits per heavy atom. The average Bonchev–Trinajstić information content (AvgIpc) is 2.53. The van der Waals surface area contributed by atoms with Gasteiger partial charge < -0.3 is 0 Å². The highest BCUT2D eigenvalue weighted by molar-refractivity contribution is 7.88. The fourth-order valence-corrected chi connectivity index (χ4v) is 2.84. The van der Waals surface area contributed by atoms with Gasteiger partial charge in [-0.2, -0.15) is 5.10 Å². The second kappa shape index (κ2) is 7.01. The number of benzene rings is 2. The highest BCUT2D eigenvalue weighted by Gasteiger charge is 2.11. The molecule has 23 heavy (non-hydrogen) atoms. The van der Waals surface area contributed by atoms with Gasteiger partial charge in [-0.1, -0.05) is 42.5 Å². The zero-order valence-electron chi connectivity index (χ0n) is 12.3. The van der Waals surface area contributed by atoms with Crippen LogP contribution in [0, 0.1) is 10.1 Å². The van der Waals surface area contributed by atoms with E-state index in [9.17, 15) is 18.5 Å². The maximum Gasteiger partial charge on any atom is 0.270 e. The predicted octanol–water partition coefficient (Wildman–Crippen LogP) is 2.44. The number of nitrogens with one attached hydrogen (secondary N) is 1. The van der Waals surface area contributed by atoms with Gasteiger partial charge in [0.05, 0.1) is 16.4 Å². The fraction of sp³-hybridized carbons (Fsp3) is 0.133. The third-order valence-corrected chi connectivity index (χ3v) is 4.11. The van der Waals surface area contributed by atoms with Crippen LogP contribution in [0.3, 0.4) is 0 Å². The van der Waals surface area contributed by atoms with E-state index < -0.39 is 14.9 Å². The Balaban J connectivity index is 2.12. The summed E-state index contributed by atoms with van der Waals surface area (Å²) in [6.07, 6.45) is 0. The van der Waals surface area contributed by atoms with Crippen molar-refractivity contribution in [1.29, 1.82) is 0 Å². The van der Waals surface area contributed by atoms with Crippen LogP contribution in [0.25, 0.3) is 0 Å². The van der Waals surface area contributed by atoms with E-state index in [4.69, 9.17) is 0 Å². The molecule has 0 unspecified atom stereocenters. The molecule has 0 fully saturated rings. The van der Waals surface area contributed by atoms with E-state index in [2.05, 4.69) is 9.93 Å². The van der Waals surface area contributed by atoms with Gasteiger partial charge in [0, 0.05) is 17.7 Å². The van der Waals surface area contributed by atoms with Crippen LogP contribution < -0.4 is 4.83 Å². The normalized spacial score (nSPS) is 12.0. The molecule has 1 N–H and O–H groups in total. The predicted molar refractivity (Wildman–Crippen MR) is 87.5 cm³/mol. The van der Waals surface area contributed by atoms with Crippen molar-refractivity contribution in [3.05, 3.63) is 75.8 Å². The number of hydrogen-bond donors (Lipinski definition) is 1. The minimum atomic E-state index is -3.64. The summed E-state index contributed by atoms with van der Waals surface area (Å²) < 4.78 is 24.0.